The summed E-state index contributed by atoms with van der Waals surface area (Å²) in [5.41, 5.74) is 0.550. The molecule has 114 valence electrons. The van der Waals surface area contributed by atoms with Crippen molar-refractivity contribution < 1.29 is 19.4 Å². The number of carboxylic acid groups (broad SMARTS) is 1. The molecule has 1 aromatic carbocycles. The molecule has 0 spiro atoms. The fraction of sp³-hybridized carbons (Fsp3) is 0.500. The Balaban J connectivity index is 2.20. The number of carboxylic acids is 1. The third-order valence-corrected chi connectivity index (χ3v) is 3.40. The molecule has 0 radical (unpaired) electrons. The van der Waals surface area contributed by atoms with Crippen LogP contribution in [0.1, 0.15) is 55.6 Å². The average Bonchev–Trinajstić information content (AvgIpc) is 2.86. The van der Waals surface area contributed by atoms with Crippen LogP contribution in [0.4, 0.5) is 4.79 Å². The van der Waals surface area contributed by atoms with E-state index in [2.05, 4.69) is 0 Å². The van der Waals surface area contributed by atoms with Gasteiger partial charge in [-0.2, -0.15) is 0 Å². The molecule has 5 heteroatoms. The van der Waals surface area contributed by atoms with Gasteiger partial charge in [0.15, 0.2) is 0 Å². The second kappa shape index (κ2) is 5.76. The Labute approximate surface area is 124 Å². The van der Waals surface area contributed by atoms with Crippen LogP contribution in [0.5, 0.6) is 0 Å². The molecule has 1 amide bonds. The number of hydrogen-bond acceptors (Lipinski definition) is 3. The topological polar surface area (TPSA) is 66.8 Å². The zero-order valence-electron chi connectivity index (χ0n) is 12.6. The molecule has 5 nitrogen and oxygen atoms in total. The van der Waals surface area contributed by atoms with Gasteiger partial charge in [-0.15, -0.1) is 0 Å². The van der Waals surface area contributed by atoms with Gasteiger partial charge in [-0.25, -0.2) is 9.59 Å². The van der Waals surface area contributed by atoms with Crippen molar-refractivity contribution in [3.8, 4) is 0 Å². The molecule has 1 atom stereocenters. The van der Waals surface area contributed by atoms with E-state index in [0.717, 1.165) is 18.4 Å². The van der Waals surface area contributed by atoms with E-state index in [9.17, 15) is 9.59 Å². The smallest absolute Gasteiger partial charge is 0.410 e. The molecular formula is C16H21NO4. The van der Waals surface area contributed by atoms with E-state index in [1.807, 2.05) is 26.8 Å². The molecule has 1 aromatic rings. The number of ether oxygens (including phenoxy) is 1. The highest BCUT2D eigenvalue weighted by Crippen LogP contribution is 2.33. The number of amides is 1. The Morgan fingerprint density at radius 2 is 2.05 bits per heavy atom. The number of carbonyl (C=O) groups is 2. The predicted octanol–water partition coefficient (Wildman–Crippen LogP) is 3.46. The van der Waals surface area contributed by atoms with Crippen molar-refractivity contribution in [2.45, 2.75) is 45.3 Å². The van der Waals surface area contributed by atoms with Crippen LogP contribution in [0, 0.1) is 0 Å². The second-order valence-electron chi connectivity index (χ2n) is 6.26. The van der Waals surface area contributed by atoms with Crippen LogP contribution in [0.3, 0.4) is 0 Å². The molecular weight excluding hydrogens is 270 g/mol. The summed E-state index contributed by atoms with van der Waals surface area (Å²) >= 11 is 0. The summed E-state index contributed by atoms with van der Waals surface area (Å²) in [6, 6.07) is 6.65. The van der Waals surface area contributed by atoms with Gasteiger partial charge in [-0.1, -0.05) is 12.1 Å². The minimum atomic E-state index is -0.960. The van der Waals surface area contributed by atoms with Crippen LogP contribution in [-0.2, 0) is 4.74 Å². The van der Waals surface area contributed by atoms with E-state index in [-0.39, 0.29) is 17.7 Å². The SMILES string of the molecule is CC(C)(C)OC(=O)N1CCC[C@H]1c1cccc(C(=O)O)c1. The van der Waals surface area contributed by atoms with Crippen LogP contribution in [-0.4, -0.2) is 34.2 Å². The Morgan fingerprint density at radius 3 is 2.67 bits per heavy atom. The lowest BCUT2D eigenvalue weighted by molar-refractivity contribution is 0.0224. The first-order valence-electron chi connectivity index (χ1n) is 7.11. The normalized spacial score (nSPS) is 18.6. The fourth-order valence-corrected chi connectivity index (χ4v) is 2.53. The quantitative estimate of drug-likeness (QED) is 0.906. The minimum absolute atomic E-state index is 0.112. The van der Waals surface area contributed by atoms with Gasteiger partial charge in [0.1, 0.15) is 5.60 Å². The van der Waals surface area contributed by atoms with E-state index in [1.165, 1.54) is 0 Å². The first-order chi connectivity index (χ1) is 9.78. The van der Waals surface area contributed by atoms with Crippen molar-refractivity contribution in [3.63, 3.8) is 0 Å². The summed E-state index contributed by atoms with van der Waals surface area (Å²) < 4.78 is 5.42. The van der Waals surface area contributed by atoms with Gasteiger partial charge in [-0.3, -0.25) is 0 Å². The minimum Gasteiger partial charge on any atom is -0.478 e. The Hall–Kier alpha value is -2.04. The maximum absolute atomic E-state index is 12.3. The Kier molecular flexibility index (Phi) is 4.21. The number of hydrogen-bond donors (Lipinski definition) is 1. The predicted molar refractivity (Wildman–Crippen MR) is 78.3 cm³/mol. The van der Waals surface area contributed by atoms with Crippen LogP contribution in [0.15, 0.2) is 24.3 Å². The van der Waals surface area contributed by atoms with Crippen LogP contribution in [0.25, 0.3) is 0 Å². The first kappa shape index (κ1) is 15.4. The molecule has 21 heavy (non-hydrogen) atoms. The van der Waals surface area contributed by atoms with Crippen LogP contribution >= 0.6 is 0 Å². The van der Waals surface area contributed by atoms with Crippen molar-refractivity contribution in [3.05, 3.63) is 35.4 Å². The van der Waals surface area contributed by atoms with Gasteiger partial charge >= 0.3 is 12.1 Å². The van der Waals surface area contributed by atoms with Crippen molar-refractivity contribution in [1.29, 1.82) is 0 Å². The summed E-state index contributed by atoms with van der Waals surface area (Å²) in [6.07, 6.45) is 1.37. The van der Waals surface area contributed by atoms with E-state index in [1.54, 1.807) is 23.1 Å². The summed E-state index contributed by atoms with van der Waals surface area (Å²) in [7, 11) is 0. The number of rotatable bonds is 2. The van der Waals surface area contributed by atoms with E-state index in [4.69, 9.17) is 9.84 Å². The lowest BCUT2D eigenvalue weighted by Gasteiger charge is -2.29. The van der Waals surface area contributed by atoms with Crippen molar-refractivity contribution >= 4 is 12.1 Å². The molecule has 0 unspecified atom stereocenters. The molecule has 0 aromatic heterocycles. The highest BCUT2D eigenvalue weighted by atomic mass is 16.6. The number of benzene rings is 1. The zero-order chi connectivity index (χ0) is 15.6. The molecule has 1 saturated heterocycles. The van der Waals surface area contributed by atoms with Crippen LogP contribution < -0.4 is 0 Å². The van der Waals surface area contributed by atoms with Crippen molar-refractivity contribution in [2.24, 2.45) is 0 Å². The van der Waals surface area contributed by atoms with E-state index >= 15 is 0 Å². The molecule has 0 bridgehead atoms. The summed E-state index contributed by atoms with van der Waals surface area (Å²) in [5, 5.41) is 9.07. The van der Waals surface area contributed by atoms with E-state index in [0.29, 0.717) is 6.54 Å². The lowest BCUT2D eigenvalue weighted by Crippen LogP contribution is -2.36. The van der Waals surface area contributed by atoms with Gasteiger partial charge in [0.25, 0.3) is 0 Å². The number of nitrogens with zero attached hydrogens (tertiary/aromatic N) is 1. The monoisotopic (exact) mass is 291 g/mol. The number of carbonyl (C=O) groups excluding carboxylic acids is 1. The molecule has 1 N–H and O–H groups in total. The maximum atomic E-state index is 12.3. The third-order valence-electron chi connectivity index (χ3n) is 3.40. The Morgan fingerprint density at radius 1 is 1.33 bits per heavy atom. The van der Waals surface area contributed by atoms with Gasteiger partial charge in [0, 0.05) is 6.54 Å². The lowest BCUT2D eigenvalue weighted by atomic mass is 10.0. The molecule has 1 aliphatic heterocycles. The number of likely N-dealkylation sites (tertiary alicyclic amines) is 1. The van der Waals surface area contributed by atoms with Crippen LogP contribution in [0.2, 0.25) is 0 Å². The van der Waals surface area contributed by atoms with Gasteiger partial charge in [0.05, 0.1) is 11.6 Å². The van der Waals surface area contributed by atoms with E-state index < -0.39 is 11.6 Å². The van der Waals surface area contributed by atoms with Gasteiger partial charge in [-0.05, 0) is 51.3 Å². The molecule has 0 aliphatic carbocycles. The molecule has 0 saturated carbocycles. The zero-order valence-corrected chi connectivity index (χ0v) is 12.6. The van der Waals surface area contributed by atoms with Crippen molar-refractivity contribution in [2.75, 3.05) is 6.54 Å². The average molecular weight is 291 g/mol. The molecule has 2 rings (SSSR count). The van der Waals surface area contributed by atoms with Gasteiger partial charge in [0.2, 0.25) is 0 Å². The summed E-state index contributed by atoms with van der Waals surface area (Å²) in [4.78, 5) is 25.0. The largest absolute Gasteiger partial charge is 0.478 e. The number of aromatic carboxylic acids is 1. The molecule has 1 fully saturated rings. The summed E-state index contributed by atoms with van der Waals surface area (Å²) in [5.74, 6) is -0.960. The third kappa shape index (κ3) is 3.74. The highest BCUT2D eigenvalue weighted by Gasteiger charge is 2.33. The fourth-order valence-electron chi connectivity index (χ4n) is 2.53. The highest BCUT2D eigenvalue weighted by molar-refractivity contribution is 5.87. The second-order valence-corrected chi connectivity index (χ2v) is 6.26. The first-order valence-corrected chi connectivity index (χ1v) is 7.11. The standard InChI is InChI=1S/C16H21NO4/c1-16(2,3)21-15(20)17-9-5-8-13(17)11-6-4-7-12(10-11)14(18)19/h4,6-7,10,13H,5,8-9H2,1-3H3,(H,18,19)/t13-/m0/s1. The molecule has 1 heterocycles. The Bertz CT molecular complexity index is 547. The summed E-state index contributed by atoms with van der Waals surface area (Å²) in [6.45, 7) is 6.14. The maximum Gasteiger partial charge on any atom is 0.410 e. The van der Waals surface area contributed by atoms with Crippen molar-refractivity contribution in [1.82, 2.24) is 4.90 Å². The molecule has 1 aliphatic rings. The van der Waals surface area contributed by atoms with Gasteiger partial charge < -0.3 is 14.7 Å².